The summed E-state index contributed by atoms with van der Waals surface area (Å²) in [5.74, 6) is 1.45. The van der Waals surface area contributed by atoms with Gasteiger partial charge in [-0.2, -0.15) is 0 Å². The number of halogens is 2. The third-order valence-corrected chi connectivity index (χ3v) is 5.54. The largest absolute Gasteiger partial charge is 0.494 e. The number of thiazole rings is 1. The minimum absolute atomic E-state index is 0. The maximum atomic E-state index is 12.9. The van der Waals surface area contributed by atoms with Crippen molar-refractivity contribution in [3.63, 3.8) is 0 Å². The van der Waals surface area contributed by atoms with E-state index in [-0.39, 0.29) is 36.8 Å². The summed E-state index contributed by atoms with van der Waals surface area (Å²) in [6.45, 7) is 6.09. The second-order valence-electron chi connectivity index (χ2n) is 6.51. The number of ether oxygens (including phenoxy) is 1. The van der Waals surface area contributed by atoms with Crippen LogP contribution in [0, 0.1) is 5.92 Å². The molecule has 2 aromatic rings. The molecule has 0 saturated carbocycles. The quantitative estimate of drug-likeness (QED) is 0.767. The van der Waals surface area contributed by atoms with Crippen molar-refractivity contribution in [2.45, 2.75) is 32.7 Å². The minimum Gasteiger partial charge on any atom is -0.494 e. The van der Waals surface area contributed by atoms with Gasteiger partial charge >= 0.3 is 0 Å². The molecule has 1 fully saturated rings. The Bertz CT molecular complexity index is 724. The Morgan fingerprint density at radius 1 is 1.33 bits per heavy atom. The van der Waals surface area contributed by atoms with Gasteiger partial charge < -0.3 is 15.4 Å². The maximum Gasteiger partial charge on any atom is 0.273 e. The van der Waals surface area contributed by atoms with E-state index in [1.807, 2.05) is 41.5 Å². The van der Waals surface area contributed by atoms with Gasteiger partial charge in [-0.05, 0) is 49.9 Å². The highest BCUT2D eigenvalue weighted by atomic mass is 35.5. The third-order valence-electron chi connectivity index (χ3n) is 4.65. The lowest BCUT2D eigenvalue weighted by atomic mass is 9.92. The summed E-state index contributed by atoms with van der Waals surface area (Å²) in [5, 5.41) is 2.70. The lowest BCUT2D eigenvalue weighted by molar-refractivity contribution is 0.0568. The van der Waals surface area contributed by atoms with Gasteiger partial charge in [0.25, 0.3) is 5.91 Å². The number of carbonyl (C=O) groups excluding carboxylic acids is 1. The minimum atomic E-state index is -0.00390. The van der Waals surface area contributed by atoms with Gasteiger partial charge in [-0.25, -0.2) is 4.98 Å². The van der Waals surface area contributed by atoms with Crippen LogP contribution in [0.25, 0.3) is 10.6 Å². The fourth-order valence-electron chi connectivity index (χ4n) is 3.25. The van der Waals surface area contributed by atoms with Gasteiger partial charge in [-0.3, -0.25) is 4.79 Å². The zero-order valence-electron chi connectivity index (χ0n) is 15.6. The van der Waals surface area contributed by atoms with Crippen LogP contribution in [0.4, 0.5) is 0 Å². The summed E-state index contributed by atoms with van der Waals surface area (Å²) in [7, 11) is 0. The summed E-state index contributed by atoms with van der Waals surface area (Å²) in [5.41, 5.74) is 7.39. The van der Waals surface area contributed by atoms with Gasteiger partial charge in [0.1, 0.15) is 16.5 Å². The van der Waals surface area contributed by atoms with E-state index in [0.29, 0.717) is 24.8 Å². The van der Waals surface area contributed by atoms with Gasteiger partial charge in [-0.15, -0.1) is 36.2 Å². The predicted molar refractivity (Wildman–Crippen MR) is 115 cm³/mol. The van der Waals surface area contributed by atoms with E-state index in [0.717, 1.165) is 35.7 Å². The van der Waals surface area contributed by atoms with Gasteiger partial charge in [0, 0.05) is 30.1 Å². The van der Waals surface area contributed by atoms with Crippen molar-refractivity contribution in [2.75, 3.05) is 19.7 Å². The molecular weight excluding hydrogens is 405 g/mol. The van der Waals surface area contributed by atoms with Gasteiger partial charge in [0.15, 0.2) is 0 Å². The molecule has 1 amide bonds. The number of nitrogens with zero attached hydrogens (tertiary/aromatic N) is 2. The molecule has 1 aliphatic heterocycles. The fraction of sp³-hybridized carbons (Fsp3) is 0.474. The molecule has 1 aromatic carbocycles. The van der Waals surface area contributed by atoms with Crippen molar-refractivity contribution in [3.05, 3.63) is 35.3 Å². The first-order chi connectivity index (χ1) is 12.1. The summed E-state index contributed by atoms with van der Waals surface area (Å²) in [6, 6.07) is 7.93. The molecule has 0 aliphatic carbocycles. The topological polar surface area (TPSA) is 68.5 Å². The van der Waals surface area contributed by atoms with E-state index < -0.39 is 0 Å². The summed E-state index contributed by atoms with van der Waals surface area (Å²) < 4.78 is 5.46. The van der Waals surface area contributed by atoms with Crippen molar-refractivity contribution in [1.29, 1.82) is 0 Å². The molecule has 8 heteroatoms. The zero-order valence-corrected chi connectivity index (χ0v) is 18.0. The van der Waals surface area contributed by atoms with Crippen molar-refractivity contribution < 1.29 is 9.53 Å². The molecule has 0 radical (unpaired) electrons. The molecule has 150 valence electrons. The molecule has 0 bridgehead atoms. The van der Waals surface area contributed by atoms with E-state index in [1.165, 1.54) is 11.3 Å². The van der Waals surface area contributed by atoms with Crippen molar-refractivity contribution >= 4 is 42.1 Å². The van der Waals surface area contributed by atoms with Crippen LogP contribution in [-0.4, -0.2) is 41.5 Å². The number of piperidine rings is 1. The lowest BCUT2D eigenvalue weighted by Crippen LogP contribution is -2.49. The standard InChI is InChI=1S/C19H25N3O2S.2ClH/c1-3-24-16-6-4-14(5-7-16)18-21-17(12-25-18)19(23)22-9-8-13(2)10-15(22)11-20;;/h4-7,12-13,15H,3,8-11,20H2,1-2H3;2*1H. The highest BCUT2D eigenvalue weighted by Crippen LogP contribution is 2.28. The zero-order chi connectivity index (χ0) is 17.8. The number of hydrogen-bond donors (Lipinski definition) is 1. The molecule has 3 rings (SSSR count). The number of aromatic nitrogens is 1. The first-order valence-electron chi connectivity index (χ1n) is 8.82. The lowest BCUT2D eigenvalue weighted by Gasteiger charge is -2.37. The molecule has 5 nitrogen and oxygen atoms in total. The van der Waals surface area contributed by atoms with Crippen LogP contribution in [0.2, 0.25) is 0 Å². The number of benzene rings is 1. The fourth-order valence-corrected chi connectivity index (χ4v) is 4.05. The Hall–Kier alpha value is -1.34. The molecule has 1 aromatic heterocycles. The first kappa shape index (κ1) is 23.7. The van der Waals surface area contributed by atoms with E-state index in [4.69, 9.17) is 10.5 Å². The Kier molecular flexibility index (Phi) is 9.53. The molecule has 2 heterocycles. The molecule has 0 spiro atoms. The van der Waals surface area contributed by atoms with Crippen molar-refractivity contribution in [1.82, 2.24) is 9.88 Å². The number of rotatable bonds is 5. The van der Waals surface area contributed by atoms with Crippen LogP contribution in [-0.2, 0) is 0 Å². The second-order valence-corrected chi connectivity index (χ2v) is 7.37. The maximum absolute atomic E-state index is 12.9. The van der Waals surface area contributed by atoms with Crippen LogP contribution >= 0.6 is 36.2 Å². The smallest absolute Gasteiger partial charge is 0.273 e. The van der Waals surface area contributed by atoms with Crippen molar-refractivity contribution in [3.8, 4) is 16.3 Å². The number of likely N-dealkylation sites (tertiary alicyclic amines) is 1. The predicted octanol–water partition coefficient (Wildman–Crippen LogP) is 4.25. The Morgan fingerprint density at radius 3 is 2.67 bits per heavy atom. The SMILES string of the molecule is CCOc1ccc(-c2nc(C(=O)N3CCC(C)CC3CN)cs2)cc1.Cl.Cl. The van der Waals surface area contributed by atoms with E-state index >= 15 is 0 Å². The highest BCUT2D eigenvalue weighted by molar-refractivity contribution is 7.13. The normalized spacial score (nSPS) is 19.0. The van der Waals surface area contributed by atoms with Crippen molar-refractivity contribution in [2.24, 2.45) is 11.7 Å². The van der Waals surface area contributed by atoms with Crippen LogP contribution in [0.3, 0.4) is 0 Å². The number of carbonyl (C=O) groups is 1. The highest BCUT2D eigenvalue weighted by Gasteiger charge is 2.30. The average molecular weight is 432 g/mol. The van der Waals surface area contributed by atoms with E-state index in [9.17, 15) is 4.79 Å². The summed E-state index contributed by atoms with van der Waals surface area (Å²) in [6.07, 6.45) is 2.00. The summed E-state index contributed by atoms with van der Waals surface area (Å²) in [4.78, 5) is 19.3. The van der Waals surface area contributed by atoms with Gasteiger partial charge in [0.05, 0.1) is 6.61 Å². The summed E-state index contributed by atoms with van der Waals surface area (Å²) >= 11 is 1.49. The Morgan fingerprint density at radius 2 is 2.04 bits per heavy atom. The van der Waals surface area contributed by atoms with E-state index in [1.54, 1.807) is 0 Å². The molecule has 2 unspecified atom stereocenters. The Labute approximate surface area is 177 Å². The molecule has 2 N–H and O–H groups in total. The first-order valence-corrected chi connectivity index (χ1v) is 9.70. The second kappa shape index (κ2) is 10.9. The Balaban J connectivity index is 0.00000182. The average Bonchev–Trinajstić information content (AvgIpc) is 3.12. The number of nitrogens with two attached hydrogens (primary N) is 1. The number of hydrogen-bond acceptors (Lipinski definition) is 5. The third kappa shape index (κ3) is 5.57. The van der Waals surface area contributed by atoms with Crippen LogP contribution in [0.5, 0.6) is 5.75 Å². The van der Waals surface area contributed by atoms with Crippen LogP contribution in [0.15, 0.2) is 29.6 Å². The van der Waals surface area contributed by atoms with Crippen LogP contribution < -0.4 is 10.5 Å². The van der Waals surface area contributed by atoms with Crippen LogP contribution in [0.1, 0.15) is 37.2 Å². The molecule has 1 saturated heterocycles. The molecule has 2 atom stereocenters. The van der Waals surface area contributed by atoms with E-state index in [2.05, 4.69) is 11.9 Å². The molecule has 27 heavy (non-hydrogen) atoms. The molecule has 1 aliphatic rings. The molecular formula is C19H27Cl2N3O2S. The van der Waals surface area contributed by atoms with Gasteiger partial charge in [-0.1, -0.05) is 6.92 Å². The number of amides is 1. The van der Waals surface area contributed by atoms with Gasteiger partial charge in [0.2, 0.25) is 0 Å². The monoisotopic (exact) mass is 431 g/mol.